The number of para-hydroxylation sites is 1. The number of aromatic carboxylic acids is 1. The van der Waals surface area contributed by atoms with Crippen LogP contribution >= 0.6 is 0 Å². The molecule has 100 valence electrons. The summed E-state index contributed by atoms with van der Waals surface area (Å²) < 4.78 is 5.65. The lowest BCUT2D eigenvalue weighted by Crippen LogP contribution is -2.18. The molecule has 2 aromatic rings. The van der Waals surface area contributed by atoms with Crippen molar-refractivity contribution in [2.24, 2.45) is 11.8 Å². The zero-order valence-electron chi connectivity index (χ0n) is 10.8. The summed E-state index contributed by atoms with van der Waals surface area (Å²) in [6.07, 6.45) is 1.26. The zero-order valence-corrected chi connectivity index (χ0v) is 10.8. The summed E-state index contributed by atoms with van der Waals surface area (Å²) in [7, 11) is 0. The standard InChI is InChI=1S/C15H17NO3/c1-9-6-10(9)7-16-8-13-14(15(17)18)11-4-2-3-5-12(11)19-13/h2-5,9-10,16H,6-8H2,1H3,(H,17,18). The van der Waals surface area contributed by atoms with Gasteiger partial charge < -0.3 is 14.8 Å². The predicted molar refractivity (Wildman–Crippen MR) is 72.2 cm³/mol. The maximum Gasteiger partial charge on any atom is 0.339 e. The Bertz CT molecular complexity index is 617. The van der Waals surface area contributed by atoms with E-state index in [4.69, 9.17) is 4.42 Å². The van der Waals surface area contributed by atoms with E-state index in [2.05, 4.69) is 12.2 Å². The van der Waals surface area contributed by atoms with Gasteiger partial charge in [-0.3, -0.25) is 0 Å². The molecule has 2 N–H and O–H groups in total. The molecule has 1 saturated carbocycles. The molecule has 0 aliphatic heterocycles. The minimum atomic E-state index is -0.929. The maximum absolute atomic E-state index is 11.4. The minimum absolute atomic E-state index is 0.284. The number of fused-ring (bicyclic) bond motifs is 1. The Morgan fingerprint density at radius 2 is 2.21 bits per heavy atom. The summed E-state index contributed by atoms with van der Waals surface area (Å²) in [6.45, 7) is 3.63. The Labute approximate surface area is 111 Å². The molecule has 1 aromatic carbocycles. The van der Waals surface area contributed by atoms with Crippen molar-refractivity contribution in [3.05, 3.63) is 35.6 Å². The lowest BCUT2D eigenvalue weighted by atomic mass is 10.1. The molecule has 2 atom stereocenters. The van der Waals surface area contributed by atoms with Gasteiger partial charge in [0.15, 0.2) is 0 Å². The lowest BCUT2D eigenvalue weighted by molar-refractivity contribution is 0.0696. The van der Waals surface area contributed by atoms with Gasteiger partial charge in [-0.1, -0.05) is 25.1 Å². The van der Waals surface area contributed by atoms with Crippen LogP contribution in [0.5, 0.6) is 0 Å². The van der Waals surface area contributed by atoms with E-state index in [-0.39, 0.29) is 5.56 Å². The van der Waals surface area contributed by atoms with Crippen molar-refractivity contribution >= 4 is 16.9 Å². The van der Waals surface area contributed by atoms with Gasteiger partial charge in [-0.25, -0.2) is 4.79 Å². The zero-order chi connectivity index (χ0) is 13.4. The molecule has 1 aliphatic carbocycles. The first-order valence-corrected chi connectivity index (χ1v) is 6.61. The van der Waals surface area contributed by atoms with Crippen LogP contribution < -0.4 is 5.32 Å². The molecule has 4 nitrogen and oxygen atoms in total. The molecule has 0 bridgehead atoms. The molecule has 1 heterocycles. The fourth-order valence-corrected chi connectivity index (χ4v) is 2.51. The third kappa shape index (κ3) is 2.36. The van der Waals surface area contributed by atoms with Crippen molar-refractivity contribution in [1.82, 2.24) is 5.32 Å². The van der Waals surface area contributed by atoms with Crippen LogP contribution in [0.2, 0.25) is 0 Å². The summed E-state index contributed by atoms with van der Waals surface area (Å²) in [6, 6.07) is 7.26. The molecule has 1 fully saturated rings. The molecule has 0 saturated heterocycles. The van der Waals surface area contributed by atoms with E-state index in [1.807, 2.05) is 12.1 Å². The van der Waals surface area contributed by atoms with Gasteiger partial charge in [0.25, 0.3) is 0 Å². The van der Waals surface area contributed by atoms with Crippen molar-refractivity contribution in [2.75, 3.05) is 6.54 Å². The SMILES string of the molecule is CC1CC1CNCc1oc2ccccc2c1C(=O)O. The van der Waals surface area contributed by atoms with Gasteiger partial charge in [0.2, 0.25) is 0 Å². The van der Waals surface area contributed by atoms with Crippen molar-refractivity contribution in [3.8, 4) is 0 Å². The second-order valence-corrected chi connectivity index (χ2v) is 5.31. The van der Waals surface area contributed by atoms with Crippen LogP contribution in [0.3, 0.4) is 0 Å². The quantitative estimate of drug-likeness (QED) is 0.866. The Morgan fingerprint density at radius 1 is 1.47 bits per heavy atom. The second kappa shape index (κ2) is 4.70. The van der Waals surface area contributed by atoms with E-state index >= 15 is 0 Å². The Balaban J connectivity index is 1.81. The molecule has 3 rings (SSSR count). The first-order valence-electron chi connectivity index (χ1n) is 6.61. The van der Waals surface area contributed by atoms with Crippen molar-refractivity contribution < 1.29 is 14.3 Å². The molecule has 2 unspecified atom stereocenters. The molecule has 0 spiro atoms. The van der Waals surface area contributed by atoms with Crippen LogP contribution in [-0.2, 0) is 6.54 Å². The van der Waals surface area contributed by atoms with Gasteiger partial charge in [-0.15, -0.1) is 0 Å². The van der Waals surface area contributed by atoms with Gasteiger partial charge in [-0.2, -0.15) is 0 Å². The number of nitrogens with one attached hydrogen (secondary N) is 1. The molecule has 4 heteroatoms. The van der Waals surface area contributed by atoms with Crippen LogP contribution in [-0.4, -0.2) is 17.6 Å². The molecule has 0 radical (unpaired) electrons. The highest BCUT2D eigenvalue weighted by Gasteiger charge is 2.31. The summed E-state index contributed by atoms with van der Waals surface area (Å²) in [5.74, 6) is 1.11. The first kappa shape index (κ1) is 12.2. The summed E-state index contributed by atoms with van der Waals surface area (Å²) in [4.78, 5) is 11.4. The highest BCUT2D eigenvalue weighted by molar-refractivity contribution is 6.03. The van der Waals surface area contributed by atoms with E-state index in [1.165, 1.54) is 6.42 Å². The van der Waals surface area contributed by atoms with Crippen molar-refractivity contribution in [3.63, 3.8) is 0 Å². The first-order chi connectivity index (χ1) is 9.16. The predicted octanol–water partition coefficient (Wildman–Crippen LogP) is 2.88. The Kier molecular flexibility index (Phi) is 3.03. The third-order valence-corrected chi connectivity index (χ3v) is 3.85. The van der Waals surface area contributed by atoms with E-state index in [0.717, 1.165) is 18.4 Å². The Morgan fingerprint density at radius 3 is 2.89 bits per heavy atom. The number of hydrogen-bond donors (Lipinski definition) is 2. The van der Waals surface area contributed by atoms with Crippen molar-refractivity contribution in [2.45, 2.75) is 19.9 Å². The highest BCUT2D eigenvalue weighted by atomic mass is 16.4. The fourth-order valence-electron chi connectivity index (χ4n) is 2.51. The number of benzene rings is 1. The van der Waals surface area contributed by atoms with E-state index in [9.17, 15) is 9.90 Å². The fraction of sp³-hybridized carbons (Fsp3) is 0.400. The number of rotatable bonds is 5. The monoisotopic (exact) mass is 259 g/mol. The molecular formula is C15H17NO3. The maximum atomic E-state index is 11.4. The number of hydrogen-bond acceptors (Lipinski definition) is 3. The van der Waals surface area contributed by atoms with Gasteiger partial charge in [-0.05, 0) is 30.9 Å². The molecule has 0 amide bonds. The molecular weight excluding hydrogens is 242 g/mol. The topological polar surface area (TPSA) is 62.5 Å². The van der Waals surface area contributed by atoms with Crippen LogP contribution in [0.1, 0.15) is 29.5 Å². The Hall–Kier alpha value is -1.81. The van der Waals surface area contributed by atoms with E-state index in [1.54, 1.807) is 12.1 Å². The van der Waals surface area contributed by atoms with Crippen molar-refractivity contribution in [1.29, 1.82) is 0 Å². The number of carbonyl (C=O) groups is 1. The van der Waals surface area contributed by atoms with Gasteiger partial charge in [0.1, 0.15) is 16.9 Å². The van der Waals surface area contributed by atoms with Crippen LogP contribution in [0.4, 0.5) is 0 Å². The normalized spacial score (nSPS) is 21.7. The van der Waals surface area contributed by atoms with Crippen LogP contribution in [0.25, 0.3) is 11.0 Å². The lowest BCUT2D eigenvalue weighted by Gasteiger charge is -2.02. The van der Waals surface area contributed by atoms with Crippen LogP contribution in [0.15, 0.2) is 28.7 Å². The van der Waals surface area contributed by atoms with Gasteiger partial charge >= 0.3 is 5.97 Å². The smallest absolute Gasteiger partial charge is 0.339 e. The number of carboxylic acids is 1. The van der Waals surface area contributed by atoms with E-state index < -0.39 is 5.97 Å². The third-order valence-electron chi connectivity index (χ3n) is 3.85. The average Bonchev–Trinajstić information content (AvgIpc) is 2.95. The summed E-state index contributed by atoms with van der Waals surface area (Å²) in [5, 5.41) is 13.3. The van der Waals surface area contributed by atoms with E-state index in [0.29, 0.717) is 23.3 Å². The summed E-state index contributed by atoms with van der Waals surface area (Å²) in [5.41, 5.74) is 0.920. The van der Waals surface area contributed by atoms with Gasteiger partial charge in [0.05, 0.1) is 6.54 Å². The molecule has 19 heavy (non-hydrogen) atoms. The number of furan rings is 1. The average molecular weight is 259 g/mol. The summed E-state index contributed by atoms with van der Waals surface area (Å²) >= 11 is 0. The van der Waals surface area contributed by atoms with Crippen LogP contribution in [0, 0.1) is 11.8 Å². The molecule has 1 aliphatic rings. The largest absolute Gasteiger partial charge is 0.478 e. The van der Waals surface area contributed by atoms with Gasteiger partial charge in [0, 0.05) is 5.39 Å². The second-order valence-electron chi connectivity index (χ2n) is 5.31. The highest BCUT2D eigenvalue weighted by Crippen LogP contribution is 2.36. The minimum Gasteiger partial charge on any atom is -0.478 e. The number of carboxylic acid groups (broad SMARTS) is 1. The molecule has 1 aromatic heterocycles.